The van der Waals surface area contributed by atoms with E-state index in [0.717, 1.165) is 5.56 Å². The summed E-state index contributed by atoms with van der Waals surface area (Å²) >= 11 is 5.91. The quantitative estimate of drug-likeness (QED) is 0.505. The Labute approximate surface area is 153 Å². The van der Waals surface area contributed by atoms with E-state index >= 15 is 0 Å². The summed E-state index contributed by atoms with van der Waals surface area (Å²) in [6.45, 7) is 0.218. The molecule has 3 rings (SSSR count). The highest BCUT2D eigenvalue weighted by Gasteiger charge is 2.13. The molecule has 0 radical (unpaired) electrons. The summed E-state index contributed by atoms with van der Waals surface area (Å²) in [5.41, 5.74) is 1.86. The molecule has 0 amide bonds. The van der Waals surface area contributed by atoms with Crippen molar-refractivity contribution in [2.24, 2.45) is 0 Å². The van der Waals surface area contributed by atoms with E-state index < -0.39 is 4.92 Å². The van der Waals surface area contributed by atoms with Gasteiger partial charge in [0, 0.05) is 34.8 Å². The monoisotopic (exact) mass is 371 g/mol. The van der Waals surface area contributed by atoms with Crippen LogP contribution < -0.4 is 5.32 Å². The van der Waals surface area contributed by atoms with Gasteiger partial charge in [-0.25, -0.2) is 4.98 Å². The predicted octanol–water partition coefficient (Wildman–Crippen LogP) is 3.17. The lowest BCUT2D eigenvalue weighted by Gasteiger charge is -2.10. The molecule has 0 unspecified atom stereocenters. The van der Waals surface area contributed by atoms with Crippen LogP contribution in [0.1, 0.15) is 0 Å². The van der Waals surface area contributed by atoms with Crippen LogP contribution in [0.25, 0.3) is 22.6 Å². The number of aliphatic hydroxyl groups is 1. The molecule has 0 aliphatic carbocycles. The maximum atomic E-state index is 10.8. The molecule has 0 saturated carbocycles. The van der Waals surface area contributed by atoms with Gasteiger partial charge in [0.2, 0.25) is 0 Å². The number of nitro benzene ring substituents is 1. The van der Waals surface area contributed by atoms with Gasteiger partial charge < -0.3 is 10.4 Å². The molecule has 26 heavy (non-hydrogen) atoms. The Kier molecular flexibility index (Phi) is 5.35. The van der Waals surface area contributed by atoms with Gasteiger partial charge in [-0.2, -0.15) is 0 Å². The van der Waals surface area contributed by atoms with Crippen LogP contribution in [0.15, 0.2) is 48.5 Å². The van der Waals surface area contributed by atoms with E-state index in [1.165, 1.54) is 12.1 Å². The zero-order chi connectivity index (χ0) is 18.5. The Balaban J connectivity index is 2.00. The SMILES string of the molecule is O=[N+]([O-])c1ccc(-c2nnc(-c3ccc(Cl)cc3)c(NCCO)n2)cc1. The van der Waals surface area contributed by atoms with Gasteiger partial charge in [-0.3, -0.25) is 10.1 Å². The summed E-state index contributed by atoms with van der Waals surface area (Å²) in [5, 5.41) is 31.8. The summed E-state index contributed by atoms with van der Waals surface area (Å²) in [7, 11) is 0. The van der Waals surface area contributed by atoms with Crippen LogP contribution in [0.4, 0.5) is 11.5 Å². The van der Waals surface area contributed by atoms with Gasteiger partial charge in [0.05, 0.1) is 11.5 Å². The van der Waals surface area contributed by atoms with Crippen LogP contribution >= 0.6 is 11.6 Å². The van der Waals surface area contributed by atoms with Crippen LogP contribution in [0.2, 0.25) is 5.02 Å². The first-order valence-corrected chi connectivity index (χ1v) is 8.06. The summed E-state index contributed by atoms with van der Waals surface area (Å²) in [6, 6.07) is 12.9. The first-order valence-electron chi connectivity index (χ1n) is 7.68. The lowest BCUT2D eigenvalue weighted by atomic mass is 10.1. The zero-order valence-electron chi connectivity index (χ0n) is 13.5. The summed E-state index contributed by atoms with van der Waals surface area (Å²) < 4.78 is 0. The molecule has 0 bridgehead atoms. The Morgan fingerprint density at radius 3 is 2.31 bits per heavy atom. The average Bonchev–Trinajstić information content (AvgIpc) is 2.67. The number of non-ortho nitro benzene ring substituents is 1. The van der Waals surface area contributed by atoms with Crippen molar-refractivity contribution >= 4 is 23.1 Å². The second-order valence-corrected chi connectivity index (χ2v) is 5.73. The third kappa shape index (κ3) is 3.93. The van der Waals surface area contributed by atoms with Crippen molar-refractivity contribution in [2.75, 3.05) is 18.5 Å². The van der Waals surface area contributed by atoms with Crippen LogP contribution in [0.5, 0.6) is 0 Å². The first kappa shape index (κ1) is 17.7. The Hall–Kier alpha value is -3.10. The van der Waals surface area contributed by atoms with Crippen molar-refractivity contribution in [3.63, 3.8) is 0 Å². The molecule has 0 aliphatic heterocycles. The van der Waals surface area contributed by atoms with Gasteiger partial charge in [0.15, 0.2) is 11.6 Å². The third-order valence-corrected chi connectivity index (χ3v) is 3.80. The van der Waals surface area contributed by atoms with E-state index in [-0.39, 0.29) is 12.3 Å². The number of nitrogens with zero attached hydrogens (tertiary/aromatic N) is 4. The fourth-order valence-corrected chi connectivity index (χ4v) is 2.41. The van der Waals surface area contributed by atoms with E-state index in [4.69, 9.17) is 16.7 Å². The van der Waals surface area contributed by atoms with Crippen molar-refractivity contribution in [1.82, 2.24) is 15.2 Å². The molecule has 9 heteroatoms. The molecule has 1 heterocycles. The highest BCUT2D eigenvalue weighted by molar-refractivity contribution is 6.30. The van der Waals surface area contributed by atoms with Crippen molar-refractivity contribution in [2.45, 2.75) is 0 Å². The molecular formula is C17H14ClN5O3. The molecule has 1 aromatic heterocycles. The lowest BCUT2D eigenvalue weighted by Crippen LogP contribution is -2.10. The van der Waals surface area contributed by atoms with Gasteiger partial charge >= 0.3 is 0 Å². The van der Waals surface area contributed by atoms with Crippen LogP contribution in [-0.4, -0.2) is 38.4 Å². The topological polar surface area (TPSA) is 114 Å². The molecule has 2 N–H and O–H groups in total. The van der Waals surface area contributed by atoms with E-state index in [0.29, 0.717) is 34.5 Å². The molecule has 0 atom stereocenters. The Bertz CT molecular complexity index is 917. The molecule has 3 aromatic rings. The van der Waals surface area contributed by atoms with Gasteiger partial charge in [0.25, 0.3) is 5.69 Å². The normalized spacial score (nSPS) is 10.5. The van der Waals surface area contributed by atoms with E-state index in [1.807, 2.05) is 0 Å². The minimum Gasteiger partial charge on any atom is -0.395 e. The van der Waals surface area contributed by atoms with Crippen LogP contribution in [0.3, 0.4) is 0 Å². The number of hydrogen-bond donors (Lipinski definition) is 2. The molecule has 132 valence electrons. The standard InChI is InChI=1S/C17H14ClN5O3/c18-13-5-1-11(2-6-13)15-17(19-9-10-24)20-16(22-21-15)12-3-7-14(8-4-12)23(25)26/h1-8,24H,9-10H2,(H,19,20,22). The zero-order valence-corrected chi connectivity index (χ0v) is 14.2. The van der Waals surface area contributed by atoms with Crippen molar-refractivity contribution in [3.8, 4) is 22.6 Å². The second-order valence-electron chi connectivity index (χ2n) is 5.29. The highest BCUT2D eigenvalue weighted by atomic mass is 35.5. The third-order valence-electron chi connectivity index (χ3n) is 3.54. The fraction of sp³-hybridized carbons (Fsp3) is 0.118. The first-order chi connectivity index (χ1) is 12.6. The molecule has 0 aliphatic rings. The number of anilines is 1. The molecular weight excluding hydrogens is 358 g/mol. The number of aliphatic hydroxyl groups excluding tert-OH is 1. The maximum absolute atomic E-state index is 10.8. The van der Waals surface area contributed by atoms with Crippen molar-refractivity contribution in [3.05, 3.63) is 63.7 Å². The maximum Gasteiger partial charge on any atom is 0.269 e. The smallest absolute Gasteiger partial charge is 0.269 e. The van der Waals surface area contributed by atoms with E-state index in [9.17, 15) is 10.1 Å². The van der Waals surface area contributed by atoms with Crippen LogP contribution in [-0.2, 0) is 0 Å². The number of nitrogens with one attached hydrogen (secondary N) is 1. The fourth-order valence-electron chi connectivity index (χ4n) is 2.28. The molecule has 0 saturated heterocycles. The molecule has 0 fully saturated rings. The number of nitro groups is 1. The summed E-state index contributed by atoms with van der Waals surface area (Å²) in [4.78, 5) is 14.7. The van der Waals surface area contributed by atoms with E-state index in [1.54, 1.807) is 36.4 Å². The highest BCUT2D eigenvalue weighted by Crippen LogP contribution is 2.27. The minimum absolute atomic E-state index is 0.0156. The van der Waals surface area contributed by atoms with E-state index in [2.05, 4.69) is 20.5 Å². The van der Waals surface area contributed by atoms with Gasteiger partial charge in [-0.1, -0.05) is 23.7 Å². The number of aromatic nitrogens is 3. The summed E-state index contributed by atoms with van der Waals surface area (Å²) in [6.07, 6.45) is 0. The Morgan fingerprint density at radius 1 is 1.04 bits per heavy atom. The molecule has 8 nitrogen and oxygen atoms in total. The molecule has 2 aromatic carbocycles. The van der Waals surface area contributed by atoms with Crippen molar-refractivity contribution in [1.29, 1.82) is 0 Å². The Morgan fingerprint density at radius 2 is 1.69 bits per heavy atom. The average molecular weight is 372 g/mol. The number of rotatable bonds is 6. The minimum atomic E-state index is -0.471. The van der Waals surface area contributed by atoms with Gasteiger partial charge in [-0.05, 0) is 24.3 Å². The summed E-state index contributed by atoms with van der Waals surface area (Å²) in [5.74, 6) is 0.766. The van der Waals surface area contributed by atoms with Gasteiger partial charge in [0.1, 0.15) is 5.69 Å². The van der Waals surface area contributed by atoms with Gasteiger partial charge in [-0.15, -0.1) is 10.2 Å². The number of halogens is 1. The number of benzene rings is 2. The lowest BCUT2D eigenvalue weighted by molar-refractivity contribution is -0.384. The van der Waals surface area contributed by atoms with Crippen molar-refractivity contribution < 1.29 is 10.0 Å². The molecule has 0 spiro atoms. The largest absolute Gasteiger partial charge is 0.395 e. The van der Waals surface area contributed by atoms with Crippen LogP contribution in [0, 0.1) is 10.1 Å². The number of hydrogen-bond acceptors (Lipinski definition) is 7. The second kappa shape index (κ2) is 7.85. The predicted molar refractivity (Wildman–Crippen MR) is 97.9 cm³/mol.